The van der Waals surface area contributed by atoms with Crippen LogP contribution >= 0.6 is 0 Å². The molecule has 5 heteroatoms. The Kier molecular flexibility index (Phi) is 6.37. The lowest BCUT2D eigenvalue weighted by molar-refractivity contribution is -0.128. The Morgan fingerprint density at radius 3 is 2.29 bits per heavy atom. The molecule has 0 atom stereocenters. The fourth-order valence-corrected chi connectivity index (χ4v) is 2.26. The fraction of sp³-hybridized carbons (Fsp3) is 0.263. The largest absolute Gasteiger partial charge is 0.376 e. The highest BCUT2D eigenvalue weighted by Gasteiger charge is 2.09. The van der Waals surface area contributed by atoms with Crippen LogP contribution in [0.4, 0.5) is 5.69 Å². The van der Waals surface area contributed by atoms with Gasteiger partial charge >= 0.3 is 0 Å². The lowest BCUT2D eigenvalue weighted by Gasteiger charge is -2.18. The van der Waals surface area contributed by atoms with Gasteiger partial charge in [0.1, 0.15) is 0 Å². The highest BCUT2D eigenvalue weighted by Crippen LogP contribution is 2.10. The van der Waals surface area contributed by atoms with Crippen molar-refractivity contribution in [1.29, 1.82) is 0 Å². The van der Waals surface area contributed by atoms with Crippen molar-refractivity contribution in [3.05, 3.63) is 65.7 Å². The number of nitrogens with one attached hydrogen (secondary N) is 2. The summed E-state index contributed by atoms with van der Waals surface area (Å²) in [7, 11) is 1.79. The van der Waals surface area contributed by atoms with Gasteiger partial charge in [-0.25, -0.2) is 0 Å². The zero-order chi connectivity index (χ0) is 17.4. The number of hydrogen-bond acceptors (Lipinski definition) is 3. The van der Waals surface area contributed by atoms with Crippen molar-refractivity contribution >= 4 is 17.5 Å². The molecule has 2 N–H and O–H groups in total. The normalized spacial score (nSPS) is 10.1. The van der Waals surface area contributed by atoms with Crippen molar-refractivity contribution in [1.82, 2.24) is 10.2 Å². The zero-order valence-electron chi connectivity index (χ0n) is 14.1. The van der Waals surface area contributed by atoms with Crippen LogP contribution in [-0.2, 0) is 11.3 Å². The Morgan fingerprint density at radius 1 is 1.00 bits per heavy atom. The van der Waals surface area contributed by atoms with Gasteiger partial charge in [0.15, 0.2) is 0 Å². The molecule has 5 nitrogen and oxygen atoms in total. The van der Waals surface area contributed by atoms with Crippen molar-refractivity contribution in [2.24, 2.45) is 0 Å². The van der Waals surface area contributed by atoms with Crippen LogP contribution in [0.2, 0.25) is 0 Å². The van der Waals surface area contributed by atoms with Gasteiger partial charge in [-0.05, 0) is 36.8 Å². The van der Waals surface area contributed by atoms with E-state index in [2.05, 4.69) is 10.6 Å². The van der Waals surface area contributed by atoms with Crippen LogP contribution in [0.25, 0.3) is 0 Å². The van der Waals surface area contributed by atoms with Gasteiger partial charge in [-0.2, -0.15) is 0 Å². The summed E-state index contributed by atoms with van der Waals surface area (Å²) in [5.74, 6) is -0.0885. The molecule has 0 aromatic heterocycles. The molecule has 126 valence electrons. The Hall–Kier alpha value is -2.82. The van der Waals surface area contributed by atoms with Crippen LogP contribution < -0.4 is 10.6 Å². The lowest BCUT2D eigenvalue weighted by Crippen LogP contribution is -2.31. The minimum Gasteiger partial charge on any atom is -0.376 e. The van der Waals surface area contributed by atoms with Crippen molar-refractivity contribution in [2.75, 3.05) is 25.5 Å². The molecular formula is C19H23N3O2. The van der Waals surface area contributed by atoms with Crippen LogP contribution in [0.15, 0.2) is 54.6 Å². The van der Waals surface area contributed by atoms with Gasteiger partial charge in [-0.1, -0.05) is 30.3 Å². The average molecular weight is 325 g/mol. The standard InChI is InChI=1S/C19H23N3O2/c1-3-20-19(24)16-9-11-17(12-10-16)21-13-18(23)22(2)14-15-7-5-4-6-8-15/h4-12,21H,3,13-14H2,1-2H3,(H,20,24). The summed E-state index contributed by atoms with van der Waals surface area (Å²) in [6.07, 6.45) is 0. The number of benzene rings is 2. The molecule has 0 aliphatic rings. The smallest absolute Gasteiger partial charge is 0.251 e. The number of carbonyl (C=O) groups excluding carboxylic acids is 2. The number of likely N-dealkylation sites (N-methyl/N-ethyl adjacent to an activating group) is 1. The first-order chi connectivity index (χ1) is 11.6. The molecule has 0 aliphatic carbocycles. The molecule has 0 unspecified atom stereocenters. The molecule has 2 aromatic rings. The molecule has 0 spiro atoms. The summed E-state index contributed by atoms with van der Waals surface area (Å²) in [4.78, 5) is 25.6. The number of rotatable bonds is 7. The SMILES string of the molecule is CCNC(=O)c1ccc(NCC(=O)N(C)Cc2ccccc2)cc1. The van der Waals surface area contributed by atoms with Crippen molar-refractivity contribution in [3.63, 3.8) is 0 Å². The molecule has 0 bridgehead atoms. The van der Waals surface area contributed by atoms with E-state index in [-0.39, 0.29) is 18.4 Å². The van der Waals surface area contributed by atoms with Crippen LogP contribution in [-0.4, -0.2) is 36.9 Å². The second-order valence-corrected chi connectivity index (χ2v) is 5.53. The van der Waals surface area contributed by atoms with E-state index in [1.807, 2.05) is 37.3 Å². The van der Waals surface area contributed by atoms with E-state index in [0.29, 0.717) is 18.7 Å². The number of carbonyl (C=O) groups is 2. The maximum atomic E-state index is 12.2. The molecule has 0 radical (unpaired) electrons. The zero-order valence-corrected chi connectivity index (χ0v) is 14.1. The first-order valence-electron chi connectivity index (χ1n) is 8.00. The third-order valence-electron chi connectivity index (χ3n) is 3.62. The van der Waals surface area contributed by atoms with E-state index in [4.69, 9.17) is 0 Å². The third kappa shape index (κ3) is 5.12. The minimum absolute atomic E-state index is 0.00616. The number of anilines is 1. The van der Waals surface area contributed by atoms with E-state index in [0.717, 1.165) is 11.3 Å². The predicted molar refractivity (Wildman–Crippen MR) is 95.9 cm³/mol. The highest BCUT2D eigenvalue weighted by atomic mass is 16.2. The quantitative estimate of drug-likeness (QED) is 0.822. The predicted octanol–water partition coefficient (Wildman–Crippen LogP) is 2.51. The van der Waals surface area contributed by atoms with E-state index < -0.39 is 0 Å². The summed E-state index contributed by atoms with van der Waals surface area (Å²) in [6.45, 7) is 3.27. The van der Waals surface area contributed by atoms with Gasteiger partial charge in [-0.15, -0.1) is 0 Å². The highest BCUT2D eigenvalue weighted by molar-refractivity contribution is 5.94. The van der Waals surface area contributed by atoms with Crippen LogP contribution in [0.5, 0.6) is 0 Å². The molecule has 2 rings (SSSR count). The van der Waals surface area contributed by atoms with Crippen molar-refractivity contribution < 1.29 is 9.59 Å². The van der Waals surface area contributed by atoms with Crippen LogP contribution in [0, 0.1) is 0 Å². The van der Waals surface area contributed by atoms with E-state index in [9.17, 15) is 9.59 Å². The molecule has 0 saturated heterocycles. The van der Waals surface area contributed by atoms with E-state index >= 15 is 0 Å². The Balaban J connectivity index is 1.84. The topological polar surface area (TPSA) is 61.4 Å². The Labute approximate surface area is 142 Å². The molecule has 0 heterocycles. The van der Waals surface area contributed by atoms with E-state index in [1.54, 1.807) is 36.2 Å². The summed E-state index contributed by atoms with van der Waals surface area (Å²) >= 11 is 0. The number of amides is 2. The van der Waals surface area contributed by atoms with Crippen LogP contribution in [0.3, 0.4) is 0 Å². The van der Waals surface area contributed by atoms with Gasteiger partial charge in [-0.3, -0.25) is 9.59 Å². The van der Waals surface area contributed by atoms with Gasteiger partial charge in [0.2, 0.25) is 5.91 Å². The third-order valence-corrected chi connectivity index (χ3v) is 3.62. The summed E-state index contributed by atoms with van der Waals surface area (Å²) in [5, 5.41) is 5.84. The van der Waals surface area contributed by atoms with E-state index in [1.165, 1.54) is 0 Å². The molecule has 2 aromatic carbocycles. The molecule has 0 saturated carbocycles. The lowest BCUT2D eigenvalue weighted by atomic mass is 10.2. The Morgan fingerprint density at radius 2 is 1.67 bits per heavy atom. The maximum Gasteiger partial charge on any atom is 0.251 e. The fourth-order valence-electron chi connectivity index (χ4n) is 2.26. The van der Waals surface area contributed by atoms with Gasteiger partial charge in [0, 0.05) is 31.4 Å². The monoisotopic (exact) mass is 325 g/mol. The van der Waals surface area contributed by atoms with Gasteiger partial charge in [0.05, 0.1) is 6.54 Å². The van der Waals surface area contributed by atoms with Crippen molar-refractivity contribution in [2.45, 2.75) is 13.5 Å². The average Bonchev–Trinajstić information content (AvgIpc) is 2.61. The summed E-state index contributed by atoms with van der Waals surface area (Å²) in [5.41, 5.74) is 2.51. The second kappa shape index (κ2) is 8.72. The minimum atomic E-state index is -0.0947. The van der Waals surface area contributed by atoms with Gasteiger partial charge in [0.25, 0.3) is 5.91 Å². The number of nitrogens with zero attached hydrogens (tertiary/aromatic N) is 1. The van der Waals surface area contributed by atoms with Gasteiger partial charge < -0.3 is 15.5 Å². The first kappa shape index (κ1) is 17.5. The molecule has 0 fully saturated rings. The van der Waals surface area contributed by atoms with Crippen molar-refractivity contribution in [3.8, 4) is 0 Å². The molecule has 24 heavy (non-hydrogen) atoms. The summed E-state index contributed by atoms with van der Waals surface area (Å²) < 4.78 is 0. The molecular weight excluding hydrogens is 302 g/mol. The molecule has 0 aliphatic heterocycles. The first-order valence-corrected chi connectivity index (χ1v) is 8.00. The summed E-state index contributed by atoms with van der Waals surface area (Å²) in [6, 6.07) is 17.0. The maximum absolute atomic E-state index is 12.2. The van der Waals surface area contributed by atoms with Crippen LogP contribution in [0.1, 0.15) is 22.8 Å². The number of hydrogen-bond donors (Lipinski definition) is 2. The Bertz CT molecular complexity index is 669. The second-order valence-electron chi connectivity index (χ2n) is 5.53. The molecule has 2 amide bonds.